The average molecular weight is 278 g/mol. The topological polar surface area (TPSA) is 98.6 Å². The number of nitrogen functional groups attached to an aromatic ring is 1. The van der Waals surface area contributed by atoms with Crippen LogP contribution in [-0.2, 0) is 11.2 Å². The van der Waals surface area contributed by atoms with E-state index in [-0.39, 0.29) is 17.9 Å². The van der Waals surface area contributed by atoms with Crippen molar-refractivity contribution in [2.45, 2.75) is 18.6 Å². The summed E-state index contributed by atoms with van der Waals surface area (Å²) in [5.41, 5.74) is 11.3. The molecule has 8 heteroatoms. The van der Waals surface area contributed by atoms with E-state index >= 15 is 0 Å². The number of benzene rings is 1. The Labute approximate surface area is 107 Å². The van der Waals surface area contributed by atoms with E-state index in [9.17, 15) is 18.0 Å². The molecule has 0 aliphatic rings. The number of anilines is 1. The number of carbonyl (C=O) groups is 1. The zero-order valence-corrected chi connectivity index (χ0v) is 9.78. The van der Waals surface area contributed by atoms with E-state index in [1.54, 1.807) is 0 Å². The monoisotopic (exact) mass is 278 g/mol. The van der Waals surface area contributed by atoms with Gasteiger partial charge in [-0.15, -0.1) is 0 Å². The predicted octanol–water partition coefficient (Wildman–Crippen LogP) is 1.16. The highest BCUT2D eigenvalue weighted by Gasteiger charge is 2.28. The minimum absolute atomic E-state index is 0.0298. The van der Waals surface area contributed by atoms with Gasteiger partial charge in [-0.1, -0.05) is 6.07 Å². The Bertz CT molecular complexity index is 463. The number of carboxylic acids is 1. The second-order valence-electron chi connectivity index (χ2n) is 3.92. The Kier molecular flexibility index (Phi) is 4.60. The fraction of sp³-hybridized carbons (Fsp3) is 0.364. The number of carboxylic acid groups (broad SMARTS) is 1. The summed E-state index contributed by atoms with van der Waals surface area (Å²) < 4.78 is 40.6. The first-order chi connectivity index (χ1) is 8.69. The molecule has 0 spiro atoms. The molecule has 0 saturated heterocycles. The number of ether oxygens (including phenoxy) is 1. The maximum absolute atomic E-state index is 12.0. The zero-order valence-electron chi connectivity index (χ0n) is 9.78. The van der Waals surface area contributed by atoms with Crippen molar-refractivity contribution in [3.05, 3.63) is 23.8 Å². The molecule has 5 N–H and O–H groups in total. The molecule has 1 aromatic carbocycles. The summed E-state index contributed by atoms with van der Waals surface area (Å²) in [5.74, 6) is -1.35. The van der Waals surface area contributed by atoms with Crippen LogP contribution in [-0.4, -0.2) is 29.9 Å². The first-order valence-electron chi connectivity index (χ1n) is 5.25. The smallest absolute Gasteiger partial charge is 0.422 e. The SMILES string of the molecule is Nc1ccc(C[C@H](N)C(=O)O)cc1OCC(F)(F)F. The zero-order chi connectivity index (χ0) is 14.6. The molecule has 0 saturated carbocycles. The fourth-order valence-electron chi connectivity index (χ4n) is 1.33. The van der Waals surface area contributed by atoms with E-state index in [0.717, 1.165) is 0 Å². The largest absolute Gasteiger partial charge is 0.482 e. The van der Waals surface area contributed by atoms with E-state index in [4.69, 9.17) is 16.6 Å². The van der Waals surface area contributed by atoms with Gasteiger partial charge in [-0.3, -0.25) is 4.79 Å². The standard InChI is InChI=1S/C11H13F3N2O3/c12-11(13,14)5-19-9-4-6(1-2-7(9)15)3-8(16)10(17)18/h1-2,4,8H,3,5,15-16H2,(H,17,18)/t8-/m0/s1. The number of hydrogen-bond donors (Lipinski definition) is 3. The van der Waals surface area contributed by atoms with Crippen LogP contribution in [0.3, 0.4) is 0 Å². The van der Waals surface area contributed by atoms with Gasteiger partial charge in [-0.25, -0.2) is 0 Å². The molecule has 0 heterocycles. The number of hydrogen-bond acceptors (Lipinski definition) is 4. The van der Waals surface area contributed by atoms with E-state index in [2.05, 4.69) is 4.74 Å². The lowest BCUT2D eigenvalue weighted by atomic mass is 10.1. The first kappa shape index (κ1) is 15.1. The molecule has 0 radical (unpaired) electrons. The molecule has 1 atom stereocenters. The molecule has 0 aliphatic heterocycles. The summed E-state index contributed by atoms with van der Waals surface area (Å²) >= 11 is 0. The Morgan fingerprint density at radius 1 is 1.42 bits per heavy atom. The van der Waals surface area contributed by atoms with Crippen molar-refractivity contribution < 1.29 is 27.8 Å². The number of aliphatic carboxylic acids is 1. The quantitative estimate of drug-likeness (QED) is 0.702. The van der Waals surface area contributed by atoms with Gasteiger partial charge in [0.15, 0.2) is 6.61 Å². The maximum atomic E-state index is 12.0. The van der Waals surface area contributed by atoms with Crippen LogP contribution < -0.4 is 16.2 Å². The van der Waals surface area contributed by atoms with Gasteiger partial charge >= 0.3 is 12.1 Å². The van der Waals surface area contributed by atoms with Gasteiger partial charge < -0.3 is 21.3 Å². The predicted molar refractivity (Wildman–Crippen MR) is 61.7 cm³/mol. The number of halogens is 3. The van der Waals surface area contributed by atoms with Crippen molar-refractivity contribution in [2.24, 2.45) is 5.73 Å². The lowest BCUT2D eigenvalue weighted by molar-refractivity contribution is -0.153. The van der Waals surface area contributed by atoms with Crippen LogP contribution in [0.15, 0.2) is 18.2 Å². The van der Waals surface area contributed by atoms with Crippen LogP contribution in [0, 0.1) is 0 Å². The molecule has 5 nitrogen and oxygen atoms in total. The summed E-state index contributed by atoms with van der Waals surface area (Å²) in [4.78, 5) is 10.6. The molecule has 0 aromatic heterocycles. The molecule has 1 aromatic rings. The summed E-state index contributed by atoms with van der Waals surface area (Å²) in [6.07, 6.45) is -4.50. The van der Waals surface area contributed by atoms with E-state index in [1.807, 2.05) is 0 Å². The lowest BCUT2D eigenvalue weighted by Gasteiger charge is -2.13. The summed E-state index contributed by atoms with van der Waals surface area (Å²) in [5, 5.41) is 8.65. The first-order valence-corrected chi connectivity index (χ1v) is 5.25. The maximum Gasteiger partial charge on any atom is 0.422 e. The second kappa shape index (κ2) is 5.79. The molecular formula is C11H13F3N2O3. The third kappa shape index (κ3) is 5.04. The third-order valence-electron chi connectivity index (χ3n) is 2.24. The lowest BCUT2D eigenvalue weighted by Crippen LogP contribution is -2.32. The van der Waals surface area contributed by atoms with E-state index < -0.39 is 24.8 Å². The van der Waals surface area contributed by atoms with Crippen molar-refractivity contribution in [3.8, 4) is 5.75 Å². The highest BCUT2D eigenvalue weighted by Crippen LogP contribution is 2.25. The molecular weight excluding hydrogens is 265 g/mol. The molecule has 106 valence electrons. The fourth-order valence-corrected chi connectivity index (χ4v) is 1.33. The molecule has 19 heavy (non-hydrogen) atoms. The molecule has 1 rings (SSSR count). The highest BCUT2D eigenvalue weighted by molar-refractivity contribution is 5.73. The molecule has 0 unspecified atom stereocenters. The Morgan fingerprint density at radius 3 is 2.58 bits per heavy atom. The van der Waals surface area contributed by atoms with Gasteiger partial charge in [0.1, 0.15) is 11.8 Å². The van der Waals surface area contributed by atoms with Gasteiger partial charge in [-0.2, -0.15) is 13.2 Å². The number of rotatable bonds is 5. The minimum Gasteiger partial charge on any atom is -0.482 e. The normalized spacial score (nSPS) is 13.1. The van der Waals surface area contributed by atoms with Gasteiger partial charge in [0, 0.05) is 0 Å². The van der Waals surface area contributed by atoms with Crippen molar-refractivity contribution in [1.29, 1.82) is 0 Å². The molecule has 0 aliphatic carbocycles. The summed E-state index contributed by atoms with van der Waals surface area (Å²) in [6, 6.07) is 2.94. The van der Waals surface area contributed by atoms with E-state index in [1.165, 1.54) is 18.2 Å². The van der Waals surface area contributed by atoms with Crippen molar-refractivity contribution in [3.63, 3.8) is 0 Å². The minimum atomic E-state index is -4.47. The van der Waals surface area contributed by atoms with Gasteiger partial charge in [0.25, 0.3) is 0 Å². The van der Waals surface area contributed by atoms with Crippen LogP contribution in [0.5, 0.6) is 5.75 Å². The Morgan fingerprint density at radius 2 is 2.05 bits per heavy atom. The van der Waals surface area contributed by atoms with Crippen LogP contribution in [0.25, 0.3) is 0 Å². The third-order valence-corrected chi connectivity index (χ3v) is 2.24. The van der Waals surface area contributed by atoms with Crippen LogP contribution in [0.1, 0.15) is 5.56 Å². The molecule has 0 bridgehead atoms. The van der Waals surface area contributed by atoms with Crippen molar-refractivity contribution >= 4 is 11.7 Å². The van der Waals surface area contributed by atoms with Crippen LogP contribution >= 0.6 is 0 Å². The average Bonchev–Trinajstić information content (AvgIpc) is 2.28. The Hall–Kier alpha value is -1.96. The second-order valence-corrected chi connectivity index (χ2v) is 3.92. The van der Waals surface area contributed by atoms with Crippen molar-refractivity contribution in [1.82, 2.24) is 0 Å². The number of nitrogens with two attached hydrogens (primary N) is 2. The van der Waals surface area contributed by atoms with E-state index in [0.29, 0.717) is 5.56 Å². The number of alkyl halides is 3. The summed E-state index contributed by atoms with van der Waals surface area (Å²) in [7, 11) is 0. The van der Waals surface area contributed by atoms with Gasteiger partial charge in [0.2, 0.25) is 0 Å². The van der Waals surface area contributed by atoms with Gasteiger partial charge in [-0.05, 0) is 24.1 Å². The highest BCUT2D eigenvalue weighted by atomic mass is 19.4. The van der Waals surface area contributed by atoms with Crippen LogP contribution in [0.4, 0.5) is 18.9 Å². The van der Waals surface area contributed by atoms with Crippen LogP contribution in [0.2, 0.25) is 0 Å². The van der Waals surface area contributed by atoms with Crippen molar-refractivity contribution in [2.75, 3.05) is 12.3 Å². The Balaban J connectivity index is 2.79. The summed E-state index contributed by atoms with van der Waals surface area (Å²) in [6.45, 7) is -1.47. The molecule has 0 amide bonds. The molecule has 0 fully saturated rings. The van der Waals surface area contributed by atoms with Gasteiger partial charge in [0.05, 0.1) is 5.69 Å².